The summed E-state index contributed by atoms with van der Waals surface area (Å²) < 4.78 is 1.71. The third kappa shape index (κ3) is 4.29. The summed E-state index contributed by atoms with van der Waals surface area (Å²) in [5.74, 6) is 0.846. The van der Waals surface area contributed by atoms with Crippen LogP contribution in [0.3, 0.4) is 0 Å². The minimum Gasteiger partial charge on any atom is -0.195 e. The van der Waals surface area contributed by atoms with E-state index in [-0.39, 0.29) is 0 Å². The van der Waals surface area contributed by atoms with Gasteiger partial charge in [-0.3, -0.25) is 0 Å². The Hall–Kier alpha value is -2.40. The Kier molecular flexibility index (Phi) is 4.88. The quantitative estimate of drug-likeness (QED) is 0.525. The van der Waals surface area contributed by atoms with Crippen molar-refractivity contribution in [1.29, 1.82) is 0 Å². The molecule has 0 aliphatic heterocycles. The van der Waals surface area contributed by atoms with Gasteiger partial charge in [0, 0.05) is 5.75 Å². The molecule has 4 nitrogen and oxygen atoms in total. The molecule has 0 aliphatic carbocycles. The highest BCUT2D eigenvalue weighted by Crippen LogP contribution is 2.20. The fourth-order valence-electron chi connectivity index (χ4n) is 2.01. The number of aryl methyl sites for hydroxylation is 2. The van der Waals surface area contributed by atoms with Gasteiger partial charge in [-0.1, -0.05) is 71.4 Å². The van der Waals surface area contributed by atoms with Crippen LogP contribution in [0.5, 0.6) is 0 Å². The van der Waals surface area contributed by atoms with Crippen LogP contribution in [0.25, 0.3) is 0 Å². The summed E-state index contributed by atoms with van der Waals surface area (Å²) in [5.41, 5.74) is 4.82. The van der Waals surface area contributed by atoms with Gasteiger partial charge in [-0.2, -0.15) is 9.78 Å². The maximum absolute atomic E-state index is 4.44. The summed E-state index contributed by atoms with van der Waals surface area (Å²) >= 11 is 1.63. The molecule has 0 saturated carbocycles. The number of rotatable bonds is 5. The standard InChI is InChI=1S/C18H18N4S/c1-14-3-7-16(8-4-14)11-20-22-13-19-21-18(22)23-12-17-9-5-15(2)6-10-17/h3-11,13H,12H2,1-2H3. The average Bonchev–Trinajstić information content (AvgIpc) is 3.01. The second kappa shape index (κ2) is 7.24. The van der Waals surface area contributed by atoms with Gasteiger partial charge in [0.05, 0.1) is 6.21 Å². The highest BCUT2D eigenvalue weighted by molar-refractivity contribution is 7.98. The molecule has 0 unspecified atom stereocenters. The van der Waals surface area contributed by atoms with Gasteiger partial charge in [0.25, 0.3) is 0 Å². The van der Waals surface area contributed by atoms with E-state index in [4.69, 9.17) is 0 Å². The predicted octanol–water partition coefficient (Wildman–Crippen LogP) is 4.07. The van der Waals surface area contributed by atoms with Gasteiger partial charge in [-0.05, 0) is 25.0 Å². The monoisotopic (exact) mass is 322 g/mol. The molecule has 0 fully saturated rings. The van der Waals surface area contributed by atoms with Crippen molar-refractivity contribution < 1.29 is 0 Å². The molecule has 3 rings (SSSR count). The Bertz CT molecular complexity index is 789. The number of hydrogen-bond acceptors (Lipinski definition) is 4. The van der Waals surface area contributed by atoms with E-state index >= 15 is 0 Å². The van der Waals surface area contributed by atoms with E-state index in [1.54, 1.807) is 22.8 Å². The highest BCUT2D eigenvalue weighted by Gasteiger charge is 2.04. The van der Waals surface area contributed by atoms with Crippen LogP contribution in [0.2, 0.25) is 0 Å². The summed E-state index contributed by atoms with van der Waals surface area (Å²) in [7, 11) is 0. The van der Waals surface area contributed by atoms with Crippen LogP contribution in [-0.2, 0) is 5.75 Å². The Labute approximate surface area is 140 Å². The number of thioether (sulfide) groups is 1. The van der Waals surface area contributed by atoms with Crippen molar-refractivity contribution in [2.75, 3.05) is 0 Å². The van der Waals surface area contributed by atoms with Crippen molar-refractivity contribution in [2.24, 2.45) is 5.10 Å². The number of aromatic nitrogens is 3. The molecular formula is C18H18N4S. The molecule has 0 bridgehead atoms. The summed E-state index contributed by atoms with van der Waals surface area (Å²) in [6.45, 7) is 4.16. The molecule has 23 heavy (non-hydrogen) atoms. The van der Waals surface area contributed by atoms with Gasteiger partial charge in [0.2, 0.25) is 5.16 Å². The van der Waals surface area contributed by atoms with Gasteiger partial charge in [-0.15, -0.1) is 10.2 Å². The Morgan fingerprint density at radius 3 is 2.35 bits per heavy atom. The normalized spacial score (nSPS) is 11.2. The lowest BCUT2D eigenvalue weighted by molar-refractivity contribution is 0.767. The summed E-state index contributed by atoms with van der Waals surface area (Å²) in [5, 5.41) is 13.3. The van der Waals surface area contributed by atoms with Gasteiger partial charge >= 0.3 is 0 Å². The number of hydrogen-bond donors (Lipinski definition) is 0. The lowest BCUT2D eigenvalue weighted by Gasteiger charge is -2.02. The smallest absolute Gasteiger partial charge is 0.195 e. The Morgan fingerprint density at radius 2 is 1.65 bits per heavy atom. The van der Waals surface area contributed by atoms with Crippen LogP contribution in [0.1, 0.15) is 22.3 Å². The molecule has 1 aromatic heterocycles. The van der Waals surface area contributed by atoms with Crippen LogP contribution >= 0.6 is 11.8 Å². The van der Waals surface area contributed by atoms with Crippen molar-refractivity contribution in [3.05, 3.63) is 77.1 Å². The second-order valence-corrected chi connectivity index (χ2v) is 6.33. The van der Waals surface area contributed by atoms with E-state index in [1.165, 1.54) is 16.7 Å². The molecular weight excluding hydrogens is 304 g/mol. The molecule has 1 heterocycles. The van der Waals surface area contributed by atoms with E-state index in [0.717, 1.165) is 16.5 Å². The first-order valence-corrected chi connectivity index (χ1v) is 8.39. The zero-order valence-corrected chi connectivity index (χ0v) is 14.0. The molecule has 0 atom stereocenters. The molecule has 0 N–H and O–H groups in total. The first-order chi connectivity index (χ1) is 11.2. The van der Waals surface area contributed by atoms with E-state index in [2.05, 4.69) is 65.5 Å². The minimum absolute atomic E-state index is 0.786. The molecule has 0 saturated heterocycles. The van der Waals surface area contributed by atoms with E-state index < -0.39 is 0 Å². The maximum Gasteiger partial charge on any atom is 0.212 e. The molecule has 0 aliphatic rings. The number of benzene rings is 2. The summed E-state index contributed by atoms with van der Waals surface area (Å²) in [6.07, 6.45) is 3.45. The van der Waals surface area contributed by atoms with Crippen LogP contribution in [0.4, 0.5) is 0 Å². The van der Waals surface area contributed by atoms with Crippen molar-refractivity contribution in [2.45, 2.75) is 24.8 Å². The van der Waals surface area contributed by atoms with E-state index in [1.807, 2.05) is 18.3 Å². The SMILES string of the molecule is Cc1ccc(C=Nn2cnnc2SCc2ccc(C)cc2)cc1. The Morgan fingerprint density at radius 1 is 1.00 bits per heavy atom. The second-order valence-electron chi connectivity index (χ2n) is 5.39. The third-order valence-electron chi connectivity index (χ3n) is 3.40. The summed E-state index contributed by atoms with van der Waals surface area (Å²) in [6, 6.07) is 16.7. The Balaban J connectivity index is 1.67. The van der Waals surface area contributed by atoms with E-state index in [9.17, 15) is 0 Å². The van der Waals surface area contributed by atoms with Crippen molar-refractivity contribution in [3.8, 4) is 0 Å². The molecule has 0 radical (unpaired) electrons. The first-order valence-electron chi connectivity index (χ1n) is 7.40. The van der Waals surface area contributed by atoms with Crippen molar-refractivity contribution >= 4 is 18.0 Å². The maximum atomic E-state index is 4.44. The minimum atomic E-state index is 0.786. The van der Waals surface area contributed by atoms with Gasteiger partial charge in [0.15, 0.2) is 0 Å². The largest absolute Gasteiger partial charge is 0.212 e. The molecule has 0 amide bonds. The van der Waals surface area contributed by atoms with E-state index in [0.29, 0.717) is 0 Å². The lowest BCUT2D eigenvalue weighted by atomic mass is 10.2. The van der Waals surface area contributed by atoms with Crippen LogP contribution in [0, 0.1) is 13.8 Å². The van der Waals surface area contributed by atoms with Crippen LogP contribution in [0.15, 0.2) is 65.1 Å². The van der Waals surface area contributed by atoms with Gasteiger partial charge < -0.3 is 0 Å². The fraction of sp³-hybridized carbons (Fsp3) is 0.167. The number of nitrogens with zero attached hydrogens (tertiary/aromatic N) is 4. The zero-order chi connectivity index (χ0) is 16.1. The zero-order valence-electron chi connectivity index (χ0n) is 13.2. The average molecular weight is 322 g/mol. The highest BCUT2D eigenvalue weighted by atomic mass is 32.2. The lowest BCUT2D eigenvalue weighted by Crippen LogP contribution is -1.93. The van der Waals surface area contributed by atoms with Crippen molar-refractivity contribution in [1.82, 2.24) is 14.9 Å². The molecule has 2 aromatic carbocycles. The third-order valence-corrected chi connectivity index (χ3v) is 4.40. The van der Waals surface area contributed by atoms with Crippen LogP contribution in [-0.4, -0.2) is 21.1 Å². The van der Waals surface area contributed by atoms with Gasteiger partial charge in [0.1, 0.15) is 6.33 Å². The molecule has 5 heteroatoms. The summed E-state index contributed by atoms with van der Waals surface area (Å²) in [4.78, 5) is 0. The van der Waals surface area contributed by atoms with Crippen molar-refractivity contribution in [3.63, 3.8) is 0 Å². The topological polar surface area (TPSA) is 43.1 Å². The first kappa shape index (κ1) is 15.5. The van der Waals surface area contributed by atoms with Crippen LogP contribution < -0.4 is 0 Å². The fourth-order valence-corrected chi connectivity index (χ4v) is 2.83. The molecule has 116 valence electrons. The predicted molar refractivity (Wildman–Crippen MR) is 94.9 cm³/mol. The molecule has 3 aromatic rings. The van der Waals surface area contributed by atoms with Gasteiger partial charge in [-0.25, -0.2) is 0 Å². The molecule has 0 spiro atoms.